The summed E-state index contributed by atoms with van der Waals surface area (Å²) >= 11 is 6.19. The third-order valence-electron chi connectivity index (χ3n) is 3.03. The smallest absolute Gasteiger partial charge is 0.248 e. The number of H-pyrrole nitrogens is 1. The first-order valence-electron chi connectivity index (χ1n) is 5.82. The summed E-state index contributed by atoms with van der Waals surface area (Å²) in [6.07, 6.45) is 0. The summed E-state index contributed by atoms with van der Waals surface area (Å²) in [5.74, 6) is 0. The van der Waals surface area contributed by atoms with E-state index in [4.69, 9.17) is 17.3 Å². The lowest BCUT2D eigenvalue weighted by molar-refractivity contribution is 1.31. The van der Waals surface area contributed by atoms with Gasteiger partial charge in [-0.25, -0.2) is 0 Å². The van der Waals surface area contributed by atoms with Gasteiger partial charge in [-0.1, -0.05) is 29.8 Å². The molecule has 3 nitrogen and oxygen atoms in total. The van der Waals surface area contributed by atoms with Crippen LogP contribution in [0.5, 0.6) is 0 Å². The number of fused-ring (bicyclic) bond motifs is 1. The van der Waals surface area contributed by atoms with Crippen LogP contribution >= 0.6 is 11.6 Å². The fourth-order valence-electron chi connectivity index (χ4n) is 2.08. The monoisotopic (exact) mass is 270 g/mol. The van der Waals surface area contributed by atoms with Gasteiger partial charge in [0.25, 0.3) is 0 Å². The van der Waals surface area contributed by atoms with Crippen molar-refractivity contribution in [2.45, 2.75) is 0 Å². The second-order valence-electron chi connectivity index (χ2n) is 4.36. The van der Waals surface area contributed by atoms with E-state index in [-0.39, 0.29) is 5.56 Å². The van der Waals surface area contributed by atoms with Crippen LogP contribution in [0, 0.1) is 0 Å². The number of anilines is 1. The molecule has 1 aromatic heterocycles. The van der Waals surface area contributed by atoms with Crippen LogP contribution in [0.15, 0.2) is 53.3 Å². The Bertz CT molecular complexity index is 824. The molecule has 0 bridgehead atoms. The van der Waals surface area contributed by atoms with Crippen molar-refractivity contribution >= 4 is 28.2 Å². The minimum Gasteiger partial charge on any atom is -0.399 e. The molecule has 0 radical (unpaired) electrons. The Morgan fingerprint density at radius 2 is 1.79 bits per heavy atom. The number of nitrogens with two attached hydrogens (primary N) is 1. The largest absolute Gasteiger partial charge is 0.399 e. The van der Waals surface area contributed by atoms with E-state index < -0.39 is 0 Å². The molecule has 0 saturated carbocycles. The maximum atomic E-state index is 11.3. The number of aromatic nitrogens is 1. The summed E-state index contributed by atoms with van der Waals surface area (Å²) in [4.78, 5) is 14.2. The minimum absolute atomic E-state index is 0.118. The van der Waals surface area contributed by atoms with Crippen LogP contribution in [0.1, 0.15) is 0 Å². The lowest BCUT2D eigenvalue weighted by Gasteiger charge is -2.07. The number of nitrogen functional groups attached to an aromatic ring is 1. The lowest BCUT2D eigenvalue weighted by atomic mass is 10.0. The SMILES string of the molecule is Nc1ccc(-c2ccc3ccc(=O)[nH]c3c2)c(Cl)c1. The van der Waals surface area contributed by atoms with Gasteiger partial charge in [-0.15, -0.1) is 0 Å². The summed E-state index contributed by atoms with van der Waals surface area (Å²) < 4.78 is 0. The van der Waals surface area contributed by atoms with Crippen LogP contribution in [0.2, 0.25) is 5.02 Å². The van der Waals surface area contributed by atoms with Gasteiger partial charge in [0.2, 0.25) is 5.56 Å². The molecule has 0 unspecified atom stereocenters. The minimum atomic E-state index is -0.118. The van der Waals surface area contributed by atoms with Crippen molar-refractivity contribution in [2.24, 2.45) is 0 Å². The highest BCUT2D eigenvalue weighted by Gasteiger charge is 2.05. The first-order valence-corrected chi connectivity index (χ1v) is 6.20. The number of hydrogen-bond donors (Lipinski definition) is 2. The zero-order valence-corrected chi connectivity index (χ0v) is 10.7. The zero-order valence-electron chi connectivity index (χ0n) is 9.98. The van der Waals surface area contributed by atoms with E-state index in [2.05, 4.69) is 4.98 Å². The molecule has 0 aliphatic rings. The van der Waals surface area contributed by atoms with E-state index in [0.717, 1.165) is 22.0 Å². The van der Waals surface area contributed by atoms with E-state index in [9.17, 15) is 4.79 Å². The fraction of sp³-hybridized carbons (Fsp3) is 0. The van der Waals surface area contributed by atoms with Crippen LogP contribution in [0.25, 0.3) is 22.0 Å². The maximum Gasteiger partial charge on any atom is 0.248 e. The molecule has 0 atom stereocenters. The van der Waals surface area contributed by atoms with Gasteiger partial charge in [-0.2, -0.15) is 0 Å². The van der Waals surface area contributed by atoms with Gasteiger partial charge in [0, 0.05) is 22.8 Å². The third-order valence-corrected chi connectivity index (χ3v) is 3.34. The zero-order chi connectivity index (χ0) is 13.4. The molecule has 19 heavy (non-hydrogen) atoms. The van der Waals surface area contributed by atoms with Gasteiger partial charge in [0.15, 0.2) is 0 Å². The lowest BCUT2D eigenvalue weighted by Crippen LogP contribution is -2.02. The van der Waals surface area contributed by atoms with Gasteiger partial charge >= 0.3 is 0 Å². The molecular formula is C15H11ClN2O. The first-order chi connectivity index (χ1) is 9.13. The van der Waals surface area contributed by atoms with Gasteiger partial charge in [0.1, 0.15) is 0 Å². The van der Waals surface area contributed by atoms with E-state index >= 15 is 0 Å². The number of hydrogen-bond acceptors (Lipinski definition) is 2. The number of pyridine rings is 1. The van der Waals surface area contributed by atoms with Crippen molar-refractivity contribution < 1.29 is 0 Å². The van der Waals surface area contributed by atoms with Crippen molar-refractivity contribution in [3.8, 4) is 11.1 Å². The Labute approximate surface area is 114 Å². The maximum absolute atomic E-state index is 11.3. The Balaban J connectivity index is 2.22. The van der Waals surface area contributed by atoms with Crippen molar-refractivity contribution in [2.75, 3.05) is 5.73 Å². The van der Waals surface area contributed by atoms with Gasteiger partial charge in [-0.3, -0.25) is 4.79 Å². The Kier molecular flexibility index (Phi) is 2.76. The van der Waals surface area contributed by atoms with E-state index in [1.807, 2.05) is 24.3 Å². The summed E-state index contributed by atoms with van der Waals surface area (Å²) in [6.45, 7) is 0. The van der Waals surface area contributed by atoms with Crippen LogP contribution in [-0.4, -0.2) is 4.98 Å². The average molecular weight is 271 g/mol. The molecular weight excluding hydrogens is 260 g/mol. The van der Waals surface area contributed by atoms with Crippen LogP contribution in [0.4, 0.5) is 5.69 Å². The molecule has 0 aliphatic heterocycles. The molecule has 3 aromatic rings. The molecule has 3 N–H and O–H groups in total. The van der Waals surface area contributed by atoms with Gasteiger partial charge < -0.3 is 10.7 Å². The summed E-state index contributed by atoms with van der Waals surface area (Å²) in [6, 6.07) is 14.5. The number of aromatic amines is 1. The topological polar surface area (TPSA) is 58.9 Å². The predicted molar refractivity (Wildman–Crippen MR) is 79.4 cm³/mol. The Hall–Kier alpha value is -2.26. The predicted octanol–water partition coefficient (Wildman–Crippen LogP) is 3.43. The van der Waals surface area contributed by atoms with Crippen LogP contribution < -0.4 is 11.3 Å². The highest BCUT2D eigenvalue weighted by molar-refractivity contribution is 6.33. The van der Waals surface area contributed by atoms with E-state index in [1.54, 1.807) is 18.2 Å². The highest BCUT2D eigenvalue weighted by Crippen LogP contribution is 2.30. The van der Waals surface area contributed by atoms with Crippen molar-refractivity contribution in [1.29, 1.82) is 0 Å². The molecule has 3 rings (SSSR count). The average Bonchev–Trinajstić information content (AvgIpc) is 2.38. The Morgan fingerprint density at radius 3 is 2.58 bits per heavy atom. The molecule has 0 aliphatic carbocycles. The quantitative estimate of drug-likeness (QED) is 0.666. The molecule has 4 heteroatoms. The summed E-state index contributed by atoms with van der Waals surface area (Å²) in [5, 5.41) is 1.58. The number of nitrogens with one attached hydrogen (secondary N) is 1. The fourth-order valence-corrected chi connectivity index (χ4v) is 2.38. The molecule has 0 saturated heterocycles. The standard InChI is InChI=1S/C15H11ClN2O/c16-13-8-11(17)4-5-12(13)10-2-1-9-3-6-15(19)18-14(9)7-10/h1-8H,17H2,(H,18,19). The van der Waals surface area contributed by atoms with Crippen molar-refractivity contribution in [1.82, 2.24) is 4.98 Å². The molecule has 94 valence electrons. The second kappa shape index (κ2) is 4.44. The van der Waals surface area contributed by atoms with Crippen LogP contribution in [-0.2, 0) is 0 Å². The van der Waals surface area contributed by atoms with Crippen LogP contribution in [0.3, 0.4) is 0 Å². The number of halogens is 1. The molecule has 0 spiro atoms. The molecule has 0 fully saturated rings. The number of rotatable bonds is 1. The van der Waals surface area contributed by atoms with E-state index in [0.29, 0.717) is 10.7 Å². The van der Waals surface area contributed by atoms with Gasteiger partial charge in [-0.05, 0) is 35.2 Å². The normalized spacial score (nSPS) is 10.8. The summed E-state index contributed by atoms with van der Waals surface area (Å²) in [5.41, 5.74) is 8.82. The van der Waals surface area contributed by atoms with E-state index in [1.165, 1.54) is 6.07 Å². The van der Waals surface area contributed by atoms with Crippen molar-refractivity contribution in [3.63, 3.8) is 0 Å². The first kappa shape index (κ1) is 11.8. The third kappa shape index (κ3) is 2.20. The van der Waals surface area contributed by atoms with Crippen molar-refractivity contribution in [3.05, 3.63) is 63.9 Å². The molecule has 1 heterocycles. The summed E-state index contributed by atoms with van der Waals surface area (Å²) in [7, 11) is 0. The molecule has 2 aromatic carbocycles. The highest BCUT2D eigenvalue weighted by atomic mass is 35.5. The number of benzene rings is 2. The Morgan fingerprint density at radius 1 is 1.00 bits per heavy atom. The van der Waals surface area contributed by atoms with Gasteiger partial charge in [0.05, 0.1) is 5.02 Å². The second-order valence-corrected chi connectivity index (χ2v) is 4.77. The molecule has 0 amide bonds.